The molecule has 1 aliphatic heterocycles. The second kappa shape index (κ2) is 13.2. The highest BCUT2D eigenvalue weighted by atomic mass is 16.5. The number of hydrogen-bond donors (Lipinski definition) is 2. The minimum absolute atomic E-state index is 0.0462. The van der Waals surface area contributed by atoms with E-state index >= 15 is 0 Å². The van der Waals surface area contributed by atoms with Gasteiger partial charge in [0.2, 0.25) is 5.88 Å². The van der Waals surface area contributed by atoms with Crippen molar-refractivity contribution in [2.45, 2.75) is 39.0 Å². The molecule has 0 bridgehead atoms. The third kappa shape index (κ3) is 7.26. The van der Waals surface area contributed by atoms with Gasteiger partial charge in [-0.1, -0.05) is 61.2 Å². The maximum Gasteiger partial charge on any atom is 0.335 e. The zero-order valence-corrected chi connectivity index (χ0v) is 23.1. The molecule has 0 aliphatic carbocycles. The van der Waals surface area contributed by atoms with Crippen molar-refractivity contribution in [1.82, 2.24) is 14.8 Å². The maximum atomic E-state index is 13.6. The topological polar surface area (TPSA) is 103 Å². The minimum atomic E-state index is -0.954. The number of aliphatic hydroxyl groups excluding tert-OH is 1. The number of carbonyl (C=O) groups excluding carboxylic acids is 1. The molecule has 208 valence electrons. The zero-order valence-electron chi connectivity index (χ0n) is 23.1. The van der Waals surface area contributed by atoms with E-state index in [4.69, 9.17) is 9.84 Å². The molecule has 0 unspecified atom stereocenters. The van der Waals surface area contributed by atoms with Crippen LogP contribution in [0.2, 0.25) is 0 Å². The number of fused-ring (bicyclic) bond motifs is 1. The number of nitrogens with zero attached hydrogens (tertiary/aromatic N) is 3. The molecular weight excluding hydrogens is 506 g/mol. The summed E-state index contributed by atoms with van der Waals surface area (Å²) in [6.07, 6.45) is 1.92. The summed E-state index contributed by atoms with van der Waals surface area (Å²) in [6.45, 7) is 5.26. The van der Waals surface area contributed by atoms with Crippen molar-refractivity contribution < 1.29 is 24.5 Å². The van der Waals surface area contributed by atoms with Gasteiger partial charge in [-0.25, -0.2) is 9.78 Å². The SMILES string of the molecule is C[C@@H]1CN([C@H](C)CO)C(=O)c2cc(C#CCc3ccccc3)cnc2O[C@@H]1CN(C)Cc1ccc(C(=O)O)cc1. The van der Waals surface area contributed by atoms with Crippen molar-refractivity contribution in [3.63, 3.8) is 0 Å². The lowest BCUT2D eigenvalue weighted by molar-refractivity contribution is 0.0325. The van der Waals surface area contributed by atoms with E-state index in [-0.39, 0.29) is 42.0 Å². The number of benzene rings is 2. The molecule has 0 saturated heterocycles. The smallest absolute Gasteiger partial charge is 0.335 e. The van der Waals surface area contributed by atoms with Gasteiger partial charge in [-0.05, 0) is 43.3 Å². The van der Waals surface area contributed by atoms with E-state index in [1.807, 2.05) is 63.4 Å². The second-order valence-electron chi connectivity index (χ2n) is 10.4. The Labute approximate surface area is 235 Å². The number of pyridine rings is 1. The van der Waals surface area contributed by atoms with Gasteiger partial charge >= 0.3 is 5.97 Å². The van der Waals surface area contributed by atoms with Crippen LogP contribution in [0.5, 0.6) is 5.88 Å². The number of aromatic nitrogens is 1. The quantitative estimate of drug-likeness (QED) is 0.419. The first-order valence-electron chi connectivity index (χ1n) is 13.4. The third-order valence-electron chi connectivity index (χ3n) is 7.03. The molecule has 1 amide bonds. The standard InChI is InChI=1S/C32H35N3O5/c1-22-18-35(23(2)21-36)31(37)28-16-26(11-7-10-24-8-5-4-6-9-24)17-33-30(28)40-29(22)20-34(3)19-25-12-14-27(15-13-25)32(38)39/h4-6,8-9,12-17,22-23,29,36H,10,18-21H2,1-3H3,(H,38,39)/t22-,23-,29-/m1/s1. The van der Waals surface area contributed by atoms with Crippen LogP contribution in [0.3, 0.4) is 0 Å². The molecule has 2 heterocycles. The first kappa shape index (κ1) is 28.8. The van der Waals surface area contributed by atoms with Crippen LogP contribution in [0.1, 0.15) is 51.3 Å². The Bertz CT molecular complexity index is 1380. The number of carboxylic acids is 1. The summed E-state index contributed by atoms with van der Waals surface area (Å²) in [6, 6.07) is 18.1. The van der Waals surface area contributed by atoms with Crippen LogP contribution in [0.25, 0.3) is 0 Å². The van der Waals surface area contributed by atoms with Gasteiger partial charge in [0, 0.05) is 43.7 Å². The number of likely N-dealkylation sites (N-methyl/N-ethyl adjacent to an activating group) is 1. The largest absolute Gasteiger partial charge is 0.478 e. The fourth-order valence-corrected chi connectivity index (χ4v) is 4.67. The van der Waals surface area contributed by atoms with Crippen molar-refractivity contribution in [3.8, 4) is 17.7 Å². The van der Waals surface area contributed by atoms with Gasteiger partial charge in [0.15, 0.2) is 0 Å². The molecule has 3 atom stereocenters. The van der Waals surface area contributed by atoms with Crippen LogP contribution in [-0.4, -0.2) is 75.8 Å². The van der Waals surface area contributed by atoms with Gasteiger partial charge in [0.05, 0.1) is 18.2 Å². The lowest BCUT2D eigenvalue weighted by Gasteiger charge is -2.37. The maximum absolute atomic E-state index is 13.6. The first-order valence-corrected chi connectivity index (χ1v) is 13.4. The number of rotatable bonds is 8. The summed E-state index contributed by atoms with van der Waals surface area (Å²) in [5.74, 6) is 5.28. The van der Waals surface area contributed by atoms with Crippen LogP contribution in [0.4, 0.5) is 0 Å². The molecule has 4 rings (SSSR count). The van der Waals surface area contributed by atoms with Crippen molar-refractivity contribution in [3.05, 3.63) is 94.7 Å². The lowest BCUT2D eigenvalue weighted by Crippen LogP contribution is -2.49. The van der Waals surface area contributed by atoms with Gasteiger partial charge < -0.3 is 19.8 Å². The summed E-state index contributed by atoms with van der Waals surface area (Å²) in [7, 11) is 1.97. The van der Waals surface area contributed by atoms with Gasteiger partial charge in [0.25, 0.3) is 5.91 Å². The van der Waals surface area contributed by atoms with Crippen LogP contribution in [0.15, 0.2) is 66.9 Å². The monoisotopic (exact) mass is 541 g/mol. The average molecular weight is 542 g/mol. The Morgan fingerprint density at radius 2 is 1.90 bits per heavy atom. The number of carbonyl (C=O) groups is 2. The highest BCUT2D eigenvalue weighted by Crippen LogP contribution is 2.27. The van der Waals surface area contributed by atoms with E-state index in [1.54, 1.807) is 29.3 Å². The summed E-state index contributed by atoms with van der Waals surface area (Å²) in [4.78, 5) is 33.1. The summed E-state index contributed by atoms with van der Waals surface area (Å²) in [5, 5.41) is 19.1. The fourth-order valence-electron chi connectivity index (χ4n) is 4.67. The third-order valence-corrected chi connectivity index (χ3v) is 7.03. The van der Waals surface area contributed by atoms with E-state index in [2.05, 4.69) is 21.7 Å². The lowest BCUT2D eigenvalue weighted by atomic mass is 9.99. The van der Waals surface area contributed by atoms with Crippen molar-refractivity contribution >= 4 is 11.9 Å². The van der Waals surface area contributed by atoms with Crippen LogP contribution in [-0.2, 0) is 13.0 Å². The summed E-state index contributed by atoms with van der Waals surface area (Å²) < 4.78 is 6.38. The van der Waals surface area contributed by atoms with Crippen molar-refractivity contribution in [1.29, 1.82) is 0 Å². The van der Waals surface area contributed by atoms with Gasteiger partial charge in [0.1, 0.15) is 11.7 Å². The molecule has 3 aromatic rings. The fraction of sp³-hybridized carbons (Fsp3) is 0.344. The van der Waals surface area contributed by atoms with E-state index in [0.29, 0.717) is 37.2 Å². The highest BCUT2D eigenvalue weighted by Gasteiger charge is 2.34. The Morgan fingerprint density at radius 3 is 2.58 bits per heavy atom. The molecule has 0 saturated carbocycles. The zero-order chi connectivity index (χ0) is 28.6. The Morgan fingerprint density at radius 1 is 1.18 bits per heavy atom. The summed E-state index contributed by atoms with van der Waals surface area (Å²) >= 11 is 0. The Kier molecular flexibility index (Phi) is 9.54. The molecule has 2 N–H and O–H groups in total. The Balaban J connectivity index is 1.56. The highest BCUT2D eigenvalue weighted by molar-refractivity contribution is 5.97. The number of aromatic carboxylic acids is 1. The van der Waals surface area contributed by atoms with Crippen molar-refractivity contribution in [2.75, 3.05) is 26.7 Å². The van der Waals surface area contributed by atoms with Crippen LogP contribution in [0, 0.1) is 17.8 Å². The van der Waals surface area contributed by atoms with E-state index < -0.39 is 5.97 Å². The number of ether oxygens (including phenoxy) is 1. The molecule has 8 heteroatoms. The van der Waals surface area contributed by atoms with E-state index in [1.165, 1.54) is 0 Å². The molecular formula is C32H35N3O5. The van der Waals surface area contributed by atoms with E-state index in [9.17, 15) is 14.7 Å². The molecule has 0 radical (unpaired) electrons. The number of aliphatic hydroxyl groups is 1. The molecule has 8 nitrogen and oxygen atoms in total. The predicted molar refractivity (Wildman–Crippen MR) is 152 cm³/mol. The summed E-state index contributed by atoms with van der Waals surface area (Å²) in [5.41, 5.74) is 3.29. The number of carboxylic acid groups (broad SMARTS) is 1. The molecule has 1 aliphatic rings. The number of amides is 1. The second-order valence-corrected chi connectivity index (χ2v) is 10.4. The molecule has 40 heavy (non-hydrogen) atoms. The van der Waals surface area contributed by atoms with Crippen LogP contribution >= 0.6 is 0 Å². The first-order chi connectivity index (χ1) is 19.2. The normalized spacial score (nSPS) is 17.6. The molecule has 2 aromatic carbocycles. The molecule has 0 fully saturated rings. The average Bonchev–Trinajstić information content (AvgIpc) is 2.95. The molecule has 1 aromatic heterocycles. The number of hydrogen-bond acceptors (Lipinski definition) is 6. The van der Waals surface area contributed by atoms with Gasteiger partial charge in [-0.15, -0.1) is 0 Å². The minimum Gasteiger partial charge on any atom is -0.478 e. The molecule has 0 spiro atoms. The van der Waals surface area contributed by atoms with E-state index in [0.717, 1.165) is 11.1 Å². The Hall–Kier alpha value is -4.19. The van der Waals surface area contributed by atoms with Gasteiger partial charge in [-0.3, -0.25) is 9.69 Å². The van der Waals surface area contributed by atoms with Gasteiger partial charge in [-0.2, -0.15) is 0 Å². The van der Waals surface area contributed by atoms with Crippen molar-refractivity contribution in [2.24, 2.45) is 5.92 Å². The van der Waals surface area contributed by atoms with Crippen LogP contribution < -0.4 is 4.74 Å². The predicted octanol–water partition coefficient (Wildman–Crippen LogP) is 3.73.